The van der Waals surface area contributed by atoms with Crippen molar-refractivity contribution in [2.45, 2.75) is 13.0 Å². The summed E-state index contributed by atoms with van der Waals surface area (Å²) in [5.41, 5.74) is 2.74. The lowest BCUT2D eigenvalue weighted by Crippen LogP contribution is -3.15. The molecule has 2 N–H and O–H groups in total. The SMILES string of the molecule is CC(=O)N1CC[NH+]([C@@H](C(=O)c2c[nH]c3ccccc23)c2ccccc2)CC1. The van der Waals surface area contributed by atoms with Gasteiger partial charge in [0.05, 0.1) is 26.2 Å². The number of quaternary nitrogens is 1. The molecule has 3 aromatic rings. The van der Waals surface area contributed by atoms with Crippen LogP contribution < -0.4 is 4.90 Å². The number of H-pyrrole nitrogens is 1. The number of rotatable bonds is 4. The summed E-state index contributed by atoms with van der Waals surface area (Å²) in [5.74, 6) is 0.234. The summed E-state index contributed by atoms with van der Waals surface area (Å²) in [7, 11) is 0. The van der Waals surface area contributed by atoms with E-state index >= 15 is 0 Å². The maximum absolute atomic E-state index is 13.6. The van der Waals surface area contributed by atoms with Crippen molar-refractivity contribution in [1.82, 2.24) is 9.88 Å². The molecule has 4 rings (SSSR count). The van der Waals surface area contributed by atoms with E-state index in [0.29, 0.717) is 13.1 Å². The van der Waals surface area contributed by atoms with Gasteiger partial charge in [0.25, 0.3) is 0 Å². The first-order chi connectivity index (χ1) is 13.1. The zero-order valence-electron chi connectivity index (χ0n) is 15.4. The summed E-state index contributed by atoms with van der Waals surface area (Å²) in [6, 6.07) is 17.6. The summed E-state index contributed by atoms with van der Waals surface area (Å²) in [4.78, 5) is 31.6. The second-order valence-electron chi connectivity index (χ2n) is 7.12. The third-order valence-corrected chi connectivity index (χ3v) is 5.51. The van der Waals surface area contributed by atoms with Gasteiger partial charge in [-0.2, -0.15) is 0 Å². The quantitative estimate of drug-likeness (QED) is 0.696. The molecule has 1 aliphatic rings. The fraction of sp³-hybridized carbons (Fsp3) is 0.273. The highest BCUT2D eigenvalue weighted by Gasteiger charge is 2.36. The Morgan fingerprint density at radius 3 is 2.37 bits per heavy atom. The van der Waals surface area contributed by atoms with Crippen LogP contribution in [0.3, 0.4) is 0 Å². The monoisotopic (exact) mass is 362 g/mol. The average molecular weight is 362 g/mol. The number of benzene rings is 2. The van der Waals surface area contributed by atoms with Crippen LogP contribution in [-0.4, -0.2) is 47.8 Å². The molecule has 1 aromatic heterocycles. The lowest BCUT2D eigenvalue weighted by Gasteiger charge is -2.35. The van der Waals surface area contributed by atoms with Gasteiger partial charge >= 0.3 is 0 Å². The smallest absolute Gasteiger partial charge is 0.226 e. The van der Waals surface area contributed by atoms with Gasteiger partial charge in [0, 0.05) is 35.2 Å². The van der Waals surface area contributed by atoms with Gasteiger partial charge in [-0.15, -0.1) is 0 Å². The lowest BCUT2D eigenvalue weighted by molar-refractivity contribution is -0.925. The molecule has 0 saturated carbocycles. The van der Waals surface area contributed by atoms with Gasteiger partial charge in [0.2, 0.25) is 11.7 Å². The number of fused-ring (bicyclic) bond motifs is 1. The Balaban J connectivity index is 1.69. The number of aromatic nitrogens is 1. The molecule has 2 aromatic carbocycles. The Morgan fingerprint density at radius 1 is 1.00 bits per heavy atom. The van der Waals surface area contributed by atoms with Gasteiger partial charge in [0.1, 0.15) is 0 Å². The molecule has 1 fully saturated rings. The first kappa shape index (κ1) is 17.5. The molecular weight excluding hydrogens is 338 g/mol. The standard InChI is InChI=1S/C22H23N3O2/c1-16(26)24-11-13-25(14-12-24)21(17-7-3-2-4-8-17)22(27)19-15-23-20-10-6-5-9-18(19)20/h2-10,15,21,23H,11-14H2,1H3/p+1/t21-/m1/s1. The summed E-state index contributed by atoms with van der Waals surface area (Å²) < 4.78 is 0. The Bertz CT molecular complexity index is 956. The Kier molecular flexibility index (Phi) is 4.77. The van der Waals surface area contributed by atoms with Crippen LogP contribution in [0.5, 0.6) is 0 Å². The average Bonchev–Trinajstić information content (AvgIpc) is 3.13. The van der Waals surface area contributed by atoms with Crippen LogP contribution >= 0.6 is 0 Å². The molecule has 2 heterocycles. The van der Waals surface area contributed by atoms with Crippen LogP contribution in [0.25, 0.3) is 10.9 Å². The van der Waals surface area contributed by atoms with E-state index in [-0.39, 0.29) is 17.7 Å². The normalized spacial score (nSPS) is 16.4. The van der Waals surface area contributed by atoms with Gasteiger partial charge < -0.3 is 14.8 Å². The third-order valence-electron chi connectivity index (χ3n) is 5.51. The number of aromatic amines is 1. The predicted molar refractivity (Wildman–Crippen MR) is 105 cm³/mol. The summed E-state index contributed by atoms with van der Waals surface area (Å²) in [6.07, 6.45) is 1.83. The van der Waals surface area contributed by atoms with Crippen molar-refractivity contribution in [1.29, 1.82) is 0 Å². The third kappa shape index (κ3) is 3.38. The number of hydrogen-bond acceptors (Lipinski definition) is 2. The zero-order valence-corrected chi connectivity index (χ0v) is 15.4. The molecule has 0 radical (unpaired) electrons. The summed E-state index contributed by atoms with van der Waals surface area (Å²) in [6.45, 7) is 4.53. The van der Waals surface area contributed by atoms with E-state index < -0.39 is 0 Å². The predicted octanol–water partition coefficient (Wildman–Crippen LogP) is 1.84. The van der Waals surface area contributed by atoms with Gasteiger partial charge in [-0.25, -0.2) is 0 Å². The largest absolute Gasteiger partial charge is 0.360 e. The molecule has 1 aliphatic heterocycles. The number of hydrogen-bond donors (Lipinski definition) is 2. The van der Waals surface area contributed by atoms with Crippen molar-refractivity contribution in [3.05, 3.63) is 71.9 Å². The number of nitrogens with one attached hydrogen (secondary N) is 2. The minimum atomic E-state index is -0.264. The topological polar surface area (TPSA) is 57.6 Å². The number of amides is 1. The molecule has 0 bridgehead atoms. The number of carbonyl (C=O) groups is 2. The van der Waals surface area contributed by atoms with Crippen LogP contribution in [0.4, 0.5) is 0 Å². The minimum absolute atomic E-state index is 0.105. The molecule has 5 heteroatoms. The van der Waals surface area contributed by atoms with Gasteiger partial charge in [-0.3, -0.25) is 9.59 Å². The number of carbonyl (C=O) groups excluding carboxylic acids is 2. The second-order valence-corrected chi connectivity index (χ2v) is 7.12. The fourth-order valence-electron chi connectivity index (χ4n) is 4.05. The Morgan fingerprint density at radius 2 is 1.67 bits per heavy atom. The van der Waals surface area contributed by atoms with E-state index in [9.17, 15) is 9.59 Å². The number of para-hydroxylation sites is 1. The molecular formula is C22H24N3O2+. The van der Waals surface area contributed by atoms with Crippen molar-refractivity contribution in [2.24, 2.45) is 0 Å². The Hall–Kier alpha value is -2.92. The molecule has 1 saturated heterocycles. The molecule has 5 nitrogen and oxygen atoms in total. The molecule has 27 heavy (non-hydrogen) atoms. The summed E-state index contributed by atoms with van der Waals surface area (Å²) in [5, 5.41) is 0.963. The van der Waals surface area contributed by atoms with E-state index in [1.807, 2.05) is 65.7 Å². The van der Waals surface area contributed by atoms with Crippen molar-refractivity contribution >= 4 is 22.6 Å². The first-order valence-electron chi connectivity index (χ1n) is 9.40. The molecule has 1 atom stereocenters. The van der Waals surface area contributed by atoms with E-state index in [0.717, 1.165) is 35.1 Å². The van der Waals surface area contributed by atoms with E-state index in [1.54, 1.807) is 6.92 Å². The van der Waals surface area contributed by atoms with E-state index in [4.69, 9.17) is 0 Å². The second kappa shape index (κ2) is 7.37. The highest BCUT2D eigenvalue weighted by atomic mass is 16.2. The van der Waals surface area contributed by atoms with Crippen LogP contribution in [0, 0.1) is 0 Å². The minimum Gasteiger partial charge on any atom is -0.360 e. The van der Waals surface area contributed by atoms with Crippen LogP contribution in [0.15, 0.2) is 60.8 Å². The maximum Gasteiger partial charge on any atom is 0.226 e. The Labute approximate surface area is 158 Å². The highest BCUT2D eigenvalue weighted by molar-refractivity contribution is 6.10. The number of nitrogens with zero attached hydrogens (tertiary/aromatic N) is 1. The van der Waals surface area contributed by atoms with Crippen LogP contribution in [0.1, 0.15) is 28.9 Å². The van der Waals surface area contributed by atoms with E-state index in [2.05, 4.69) is 4.98 Å². The van der Waals surface area contributed by atoms with E-state index in [1.165, 1.54) is 4.90 Å². The van der Waals surface area contributed by atoms with Crippen LogP contribution in [-0.2, 0) is 4.79 Å². The number of piperazine rings is 1. The molecule has 0 aliphatic carbocycles. The maximum atomic E-state index is 13.6. The molecule has 138 valence electrons. The van der Waals surface area contributed by atoms with Crippen molar-refractivity contribution < 1.29 is 14.5 Å². The van der Waals surface area contributed by atoms with Gasteiger partial charge in [-0.05, 0) is 6.07 Å². The fourth-order valence-corrected chi connectivity index (χ4v) is 4.05. The number of Topliss-reactive ketones (excluding diaryl/α,β-unsaturated/α-hetero) is 1. The van der Waals surface area contributed by atoms with Crippen molar-refractivity contribution in [3.8, 4) is 0 Å². The highest BCUT2D eigenvalue weighted by Crippen LogP contribution is 2.23. The van der Waals surface area contributed by atoms with Crippen molar-refractivity contribution in [2.75, 3.05) is 26.2 Å². The number of ketones is 1. The van der Waals surface area contributed by atoms with Gasteiger partial charge in [0.15, 0.2) is 6.04 Å². The lowest BCUT2D eigenvalue weighted by atomic mass is 9.95. The summed E-state index contributed by atoms with van der Waals surface area (Å²) >= 11 is 0. The zero-order chi connectivity index (χ0) is 18.8. The first-order valence-corrected chi connectivity index (χ1v) is 9.40. The van der Waals surface area contributed by atoms with Gasteiger partial charge in [-0.1, -0.05) is 48.5 Å². The molecule has 0 unspecified atom stereocenters. The molecule has 1 amide bonds. The van der Waals surface area contributed by atoms with Crippen LogP contribution in [0.2, 0.25) is 0 Å². The van der Waals surface area contributed by atoms with Crippen molar-refractivity contribution in [3.63, 3.8) is 0 Å². The molecule has 0 spiro atoms.